The van der Waals surface area contributed by atoms with Crippen LogP contribution in [0.15, 0.2) is 29.3 Å². The molecule has 1 fully saturated rings. The van der Waals surface area contributed by atoms with E-state index in [0.29, 0.717) is 12.5 Å². The highest BCUT2D eigenvalue weighted by Gasteiger charge is 2.22. The number of hydrogen-bond donors (Lipinski definition) is 2. The fourth-order valence-corrected chi connectivity index (χ4v) is 3.07. The van der Waals surface area contributed by atoms with Crippen LogP contribution < -0.4 is 15.4 Å². The van der Waals surface area contributed by atoms with Crippen LogP contribution in [0.1, 0.15) is 19.4 Å². The van der Waals surface area contributed by atoms with Crippen LogP contribution in [0.5, 0.6) is 5.75 Å². The molecule has 0 atom stereocenters. The molecule has 1 aliphatic rings. The van der Waals surface area contributed by atoms with Gasteiger partial charge in [-0.05, 0) is 17.7 Å². The third kappa shape index (κ3) is 7.84. The van der Waals surface area contributed by atoms with Gasteiger partial charge < -0.3 is 25.0 Å². The molecule has 168 valence electrons. The van der Waals surface area contributed by atoms with Gasteiger partial charge in [-0.25, -0.2) is 4.99 Å². The van der Waals surface area contributed by atoms with E-state index in [-0.39, 0.29) is 17.9 Å². The van der Waals surface area contributed by atoms with Gasteiger partial charge >= 0.3 is 0 Å². The molecule has 1 aromatic carbocycles. The highest BCUT2D eigenvalue weighted by molar-refractivity contribution is 5.84. The zero-order valence-electron chi connectivity index (χ0n) is 19.0. The topological polar surface area (TPSA) is 78.4 Å². The molecule has 0 unspecified atom stereocenters. The van der Waals surface area contributed by atoms with E-state index in [1.807, 2.05) is 12.1 Å². The van der Waals surface area contributed by atoms with E-state index in [4.69, 9.17) is 9.47 Å². The molecule has 2 rings (SSSR count). The van der Waals surface area contributed by atoms with Crippen LogP contribution >= 0.6 is 0 Å². The number of likely N-dealkylation sites (N-methyl/N-ethyl adjacent to an activating group) is 1. The van der Waals surface area contributed by atoms with Crippen LogP contribution in [0.3, 0.4) is 0 Å². The number of hydrogen-bond acceptors (Lipinski definition) is 5. The maximum absolute atomic E-state index is 12.0. The number of morpholine rings is 1. The Morgan fingerprint density at radius 2 is 2.00 bits per heavy atom. The summed E-state index contributed by atoms with van der Waals surface area (Å²) in [6, 6.07) is 8.10. The van der Waals surface area contributed by atoms with Crippen molar-refractivity contribution in [1.29, 1.82) is 0 Å². The zero-order chi connectivity index (χ0) is 22.0. The van der Waals surface area contributed by atoms with E-state index in [1.54, 1.807) is 26.1 Å². The number of nitrogens with one attached hydrogen (secondary N) is 2. The Morgan fingerprint density at radius 3 is 2.67 bits per heavy atom. The van der Waals surface area contributed by atoms with Gasteiger partial charge in [0.05, 0.1) is 20.3 Å². The minimum absolute atomic E-state index is 0.0312. The van der Waals surface area contributed by atoms with Crippen LogP contribution in [0, 0.1) is 0 Å². The minimum atomic E-state index is -0.146. The SMILES string of the molecule is COc1cccc(C(C)(C)CNC(=NCC(=O)N(C)C)NCCN2CCOCC2)c1. The normalized spacial score (nSPS) is 15.6. The van der Waals surface area contributed by atoms with Crippen molar-refractivity contribution in [2.45, 2.75) is 19.3 Å². The van der Waals surface area contributed by atoms with Gasteiger partial charge in [0, 0.05) is 52.2 Å². The van der Waals surface area contributed by atoms with E-state index >= 15 is 0 Å². The summed E-state index contributed by atoms with van der Waals surface area (Å²) in [5.41, 5.74) is 1.03. The molecular formula is C22H37N5O3. The Morgan fingerprint density at radius 1 is 1.27 bits per heavy atom. The van der Waals surface area contributed by atoms with Crippen molar-refractivity contribution in [2.24, 2.45) is 4.99 Å². The maximum Gasteiger partial charge on any atom is 0.243 e. The average molecular weight is 420 g/mol. The van der Waals surface area contributed by atoms with Gasteiger partial charge in [0.1, 0.15) is 12.3 Å². The predicted molar refractivity (Wildman–Crippen MR) is 120 cm³/mol. The van der Waals surface area contributed by atoms with Crippen LogP contribution in [-0.2, 0) is 14.9 Å². The second-order valence-corrected chi connectivity index (χ2v) is 8.30. The van der Waals surface area contributed by atoms with Crippen molar-refractivity contribution in [3.63, 3.8) is 0 Å². The lowest BCUT2D eigenvalue weighted by Gasteiger charge is -2.28. The maximum atomic E-state index is 12.0. The molecule has 1 aliphatic heterocycles. The van der Waals surface area contributed by atoms with Crippen LogP contribution in [0.2, 0.25) is 0 Å². The van der Waals surface area contributed by atoms with Gasteiger partial charge in [-0.3, -0.25) is 9.69 Å². The largest absolute Gasteiger partial charge is 0.497 e. The van der Waals surface area contributed by atoms with Crippen molar-refractivity contribution in [2.75, 3.05) is 73.7 Å². The van der Waals surface area contributed by atoms with Crippen molar-refractivity contribution >= 4 is 11.9 Å². The number of nitrogens with zero attached hydrogens (tertiary/aromatic N) is 3. The summed E-state index contributed by atoms with van der Waals surface area (Å²) in [4.78, 5) is 20.4. The number of benzene rings is 1. The Hall–Kier alpha value is -2.32. The zero-order valence-corrected chi connectivity index (χ0v) is 19.0. The van der Waals surface area contributed by atoms with Gasteiger partial charge in [-0.15, -0.1) is 0 Å². The number of ether oxygens (including phenoxy) is 2. The number of carbonyl (C=O) groups is 1. The molecule has 8 heteroatoms. The summed E-state index contributed by atoms with van der Waals surface area (Å²) in [5.74, 6) is 1.46. The molecule has 0 radical (unpaired) electrons. The average Bonchev–Trinajstić information content (AvgIpc) is 2.75. The Kier molecular flexibility index (Phi) is 9.39. The molecule has 1 amide bonds. The van der Waals surface area contributed by atoms with Gasteiger partial charge in [-0.1, -0.05) is 26.0 Å². The molecule has 0 aliphatic carbocycles. The van der Waals surface area contributed by atoms with Crippen LogP contribution in [0.25, 0.3) is 0 Å². The number of rotatable bonds is 9. The third-order valence-electron chi connectivity index (χ3n) is 5.24. The van der Waals surface area contributed by atoms with Crippen molar-refractivity contribution < 1.29 is 14.3 Å². The second kappa shape index (κ2) is 11.8. The summed E-state index contributed by atoms with van der Waals surface area (Å²) >= 11 is 0. The summed E-state index contributed by atoms with van der Waals surface area (Å²) in [6.45, 7) is 10.2. The number of carbonyl (C=O) groups excluding carboxylic acids is 1. The molecule has 30 heavy (non-hydrogen) atoms. The quantitative estimate of drug-likeness (QED) is 0.458. The first-order valence-corrected chi connectivity index (χ1v) is 10.5. The number of guanidine groups is 1. The van der Waals surface area contributed by atoms with Crippen molar-refractivity contribution in [1.82, 2.24) is 20.4 Å². The predicted octanol–water partition coefficient (Wildman–Crippen LogP) is 0.928. The monoisotopic (exact) mass is 419 g/mol. The highest BCUT2D eigenvalue weighted by Crippen LogP contribution is 2.25. The van der Waals surface area contributed by atoms with Gasteiger partial charge in [-0.2, -0.15) is 0 Å². The fraction of sp³-hybridized carbons (Fsp3) is 0.636. The highest BCUT2D eigenvalue weighted by atomic mass is 16.5. The van der Waals surface area contributed by atoms with Gasteiger partial charge in [0.2, 0.25) is 5.91 Å². The van der Waals surface area contributed by atoms with E-state index in [0.717, 1.165) is 45.1 Å². The molecule has 1 saturated heterocycles. The number of amides is 1. The van der Waals surface area contributed by atoms with Gasteiger partial charge in [0.25, 0.3) is 0 Å². The molecule has 2 N–H and O–H groups in total. The second-order valence-electron chi connectivity index (χ2n) is 8.30. The molecule has 1 aromatic rings. The Bertz CT molecular complexity index is 700. The smallest absolute Gasteiger partial charge is 0.243 e. The molecule has 0 bridgehead atoms. The van der Waals surface area contributed by atoms with Crippen LogP contribution in [0.4, 0.5) is 0 Å². The number of aliphatic imine (C=N–C) groups is 1. The van der Waals surface area contributed by atoms with E-state index in [2.05, 4.69) is 46.5 Å². The molecule has 8 nitrogen and oxygen atoms in total. The van der Waals surface area contributed by atoms with E-state index in [9.17, 15) is 4.79 Å². The third-order valence-corrected chi connectivity index (χ3v) is 5.24. The first-order valence-electron chi connectivity index (χ1n) is 10.5. The first-order chi connectivity index (χ1) is 14.3. The lowest BCUT2D eigenvalue weighted by Crippen LogP contribution is -2.47. The summed E-state index contributed by atoms with van der Waals surface area (Å²) in [7, 11) is 5.15. The van der Waals surface area contributed by atoms with E-state index in [1.165, 1.54) is 5.56 Å². The first kappa shape index (κ1) is 24.0. The summed E-state index contributed by atoms with van der Waals surface area (Å²) in [6.07, 6.45) is 0. The Balaban J connectivity index is 1.97. The lowest BCUT2D eigenvalue weighted by molar-refractivity contribution is -0.127. The van der Waals surface area contributed by atoms with E-state index < -0.39 is 0 Å². The molecule has 1 heterocycles. The molecular weight excluding hydrogens is 382 g/mol. The molecule has 0 spiro atoms. The van der Waals surface area contributed by atoms with Gasteiger partial charge in [0.15, 0.2) is 5.96 Å². The lowest BCUT2D eigenvalue weighted by atomic mass is 9.84. The number of methoxy groups -OCH3 is 1. The van der Waals surface area contributed by atoms with Crippen LogP contribution in [-0.4, -0.2) is 95.4 Å². The minimum Gasteiger partial charge on any atom is -0.497 e. The standard InChI is InChI=1S/C22H37N5O3/c1-22(2,18-7-6-8-19(15-18)29-5)17-25-21(24-16-20(28)26(3)4)23-9-10-27-11-13-30-14-12-27/h6-8,15H,9-14,16-17H2,1-5H3,(H2,23,24,25). The fourth-order valence-electron chi connectivity index (χ4n) is 3.07. The molecule has 0 aromatic heterocycles. The van der Waals surface area contributed by atoms with Crippen molar-refractivity contribution in [3.8, 4) is 5.75 Å². The summed E-state index contributed by atoms with van der Waals surface area (Å²) in [5, 5.41) is 6.78. The van der Waals surface area contributed by atoms with Crippen molar-refractivity contribution in [3.05, 3.63) is 29.8 Å². The molecule has 0 saturated carbocycles. The Labute approximate surface area is 180 Å². The summed E-state index contributed by atoms with van der Waals surface area (Å²) < 4.78 is 10.8.